The zero-order valence-corrected chi connectivity index (χ0v) is 23.2. The lowest BCUT2D eigenvalue weighted by atomic mass is 9.94. The van der Waals surface area contributed by atoms with Crippen LogP contribution in [0.2, 0.25) is 5.02 Å². The highest BCUT2D eigenvalue weighted by Crippen LogP contribution is 2.37. The fourth-order valence-corrected chi connectivity index (χ4v) is 4.91. The van der Waals surface area contributed by atoms with Crippen LogP contribution in [0.4, 0.5) is 11.5 Å². The molecule has 1 amide bonds. The molecule has 0 aliphatic carbocycles. The van der Waals surface area contributed by atoms with Crippen molar-refractivity contribution in [3.63, 3.8) is 0 Å². The molecule has 3 N–H and O–H groups in total. The lowest BCUT2D eigenvalue weighted by molar-refractivity contribution is -0.131. The number of thiophene rings is 1. The molecule has 0 aliphatic rings. The van der Waals surface area contributed by atoms with Crippen LogP contribution in [-0.2, 0) is 11.3 Å². The van der Waals surface area contributed by atoms with E-state index in [1.165, 1.54) is 6.33 Å². The molecule has 0 fully saturated rings. The summed E-state index contributed by atoms with van der Waals surface area (Å²) in [6.45, 7) is 4.10. The zero-order valence-electron chi connectivity index (χ0n) is 20.8. The van der Waals surface area contributed by atoms with Crippen molar-refractivity contribution in [1.29, 1.82) is 0 Å². The molecule has 0 atom stereocenters. The van der Waals surface area contributed by atoms with E-state index >= 15 is 0 Å². The summed E-state index contributed by atoms with van der Waals surface area (Å²) in [5, 5.41) is 19.2. The fraction of sp³-hybridized carbons (Fsp3) is 0.222. The summed E-state index contributed by atoms with van der Waals surface area (Å²) < 4.78 is 9.25. The number of ether oxygens (including phenoxy) is 1. The number of aliphatic hydroxyl groups is 1. The second kappa shape index (κ2) is 11.6. The van der Waals surface area contributed by atoms with Crippen molar-refractivity contribution in [2.24, 2.45) is 5.41 Å². The molecule has 8 nitrogen and oxygen atoms in total. The largest absolute Gasteiger partial charge is 0.455 e. The molecular formula is C27H27Cl2N5O3S. The molecule has 0 aliphatic heterocycles. The Bertz CT molecular complexity index is 1580. The van der Waals surface area contributed by atoms with Gasteiger partial charge in [-0.2, -0.15) is 0 Å². The summed E-state index contributed by atoms with van der Waals surface area (Å²) in [7, 11) is 0. The molecule has 0 saturated heterocycles. The van der Waals surface area contributed by atoms with Crippen LogP contribution in [0.3, 0.4) is 0 Å². The fourth-order valence-electron chi connectivity index (χ4n) is 3.88. The number of fused-ring (bicyclic) bond motifs is 2. The van der Waals surface area contributed by atoms with E-state index in [1.807, 2.05) is 52.5 Å². The van der Waals surface area contributed by atoms with Crippen LogP contribution in [0.25, 0.3) is 21.1 Å². The van der Waals surface area contributed by atoms with Gasteiger partial charge in [0.1, 0.15) is 23.3 Å². The third-order valence-electron chi connectivity index (χ3n) is 6.07. The van der Waals surface area contributed by atoms with E-state index in [2.05, 4.69) is 26.7 Å². The first-order chi connectivity index (χ1) is 17.9. The number of carbonyl (C=O) groups excluding carboxylic acids is 1. The van der Waals surface area contributed by atoms with Crippen molar-refractivity contribution in [2.45, 2.75) is 20.4 Å². The Kier molecular flexibility index (Phi) is 8.42. The molecule has 3 heterocycles. The van der Waals surface area contributed by atoms with Gasteiger partial charge in [-0.1, -0.05) is 17.7 Å². The van der Waals surface area contributed by atoms with Crippen LogP contribution in [-0.4, -0.2) is 38.7 Å². The molecular weight excluding hydrogens is 545 g/mol. The summed E-state index contributed by atoms with van der Waals surface area (Å²) in [4.78, 5) is 21.1. The number of carbonyl (C=O) groups is 1. The van der Waals surface area contributed by atoms with Crippen molar-refractivity contribution >= 4 is 73.9 Å². The van der Waals surface area contributed by atoms with Gasteiger partial charge in [-0.05, 0) is 61.7 Å². The third kappa shape index (κ3) is 5.71. The number of hydrogen-bond acceptors (Lipinski definition) is 7. The van der Waals surface area contributed by atoms with E-state index in [9.17, 15) is 9.90 Å². The summed E-state index contributed by atoms with van der Waals surface area (Å²) in [5.74, 6) is 1.73. The standard InChI is InChI=1S/C27H26ClN5O3S.ClH/c1-27(2,15-34)26(35)29-10-12-33-11-8-20-24(33)25(31-16-30-20)32-17-6-7-22(19(28)14-17)36-21-4-3-5-23-18(21)9-13-37-23;/h3-9,11,13-14,16,34H,10,12,15H2,1-2H3,(H,29,35)(H,30,31,32);1H. The van der Waals surface area contributed by atoms with Gasteiger partial charge in [0.05, 0.1) is 22.6 Å². The van der Waals surface area contributed by atoms with Gasteiger partial charge >= 0.3 is 0 Å². The number of hydrogen-bond donors (Lipinski definition) is 3. The van der Waals surface area contributed by atoms with E-state index in [4.69, 9.17) is 16.3 Å². The minimum Gasteiger partial charge on any atom is -0.455 e. The van der Waals surface area contributed by atoms with Crippen LogP contribution in [0.15, 0.2) is 66.4 Å². The Hall–Kier alpha value is -3.37. The first-order valence-corrected chi connectivity index (χ1v) is 13.0. The molecule has 0 unspecified atom stereocenters. The number of aromatic nitrogens is 3. The number of nitrogens with zero attached hydrogens (tertiary/aromatic N) is 3. The highest BCUT2D eigenvalue weighted by atomic mass is 35.5. The zero-order chi connectivity index (χ0) is 26.0. The lowest BCUT2D eigenvalue weighted by Gasteiger charge is -2.20. The quantitative estimate of drug-likeness (QED) is 0.189. The maximum atomic E-state index is 12.3. The highest BCUT2D eigenvalue weighted by molar-refractivity contribution is 7.17. The van der Waals surface area contributed by atoms with Gasteiger partial charge in [0.25, 0.3) is 0 Å². The average Bonchev–Trinajstić information content (AvgIpc) is 3.54. The molecule has 198 valence electrons. The van der Waals surface area contributed by atoms with Crippen LogP contribution in [0.1, 0.15) is 13.8 Å². The van der Waals surface area contributed by atoms with E-state index < -0.39 is 5.41 Å². The second-order valence-corrected chi connectivity index (χ2v) is 10.6. The molecule has 5 aromatic rings. The molecule has 0 spiro atoms. The maximum absolute atomic E-state index is 12.3. The number of nitrogens with one attached hydrogen (secondary N) is 2. The van der Waals surface area contributed by atoms with Crippen LogP contribution < -0.4 is 15.4 Å². The smallest absolute Gasteiger partial charge is 0.228 e. The molecule has 0 saturated carbocycles. The monoisotopic (exact) mass is 571 g/mol. The van der Waals surface area contributed by atoms with Gasteiger partial charge in [-0.15, -0.1) is 23.7 Å². The lowest BCUT2D eigenvalue weighted by Crippen LogP contribution is -2.40. The SMILES string of the molecule is CC(C)(CO)C(=O)NCCn1ccc2ncnc(Nc3ccc(Oc4cccc5sccc45)c(Cl)c3)c21.Cl. The number of benzene rings is 2. The summed E-state index contributed by atoms with van der Waals surface area (Å²) >= 11 is 8.25. The molecule has 5 rings (SSSR count). The Labute approximate surface area is 235 Å². The normalized spacial score (nSPS) is 11.4. The first kappa shape index (κ1) is 27.7. The second-order valence-electron chi connectivity index (χ2n) is 9.22. The Balaban J connectivity index is 0.00000336. The summed E-state index contributed by atoms with van der Waals surface area (Å²) in [5.41, 5.74) is 1.49. The minimum absolute atomic E-state index is 0. The molecule has 0 radical (unpaired) electrons. The Morgan fingerprint density at radius 3 is 2.79 bits per heavy atom. The van der Waals surface area contributed by atoms with Crippen molar-refractivity contribution in [3.8, 4) is 11.5 Å². The third-order valence-corrected chi connectivity index (χ3v) is 7.25. The number of rotatable bonds is 9. The molecule has 38 heavy (non-hydrogen) atoms. The van der Waals surface area contributed by atoms with Crippen LogP contribution >= 0.6 is 35.3 Å². The maximum Gasteiger partial charge on any atom is 0.228 e. The topological polar surface area (TPSA) is 101 Å². The highest BCUT2D eigenvalue weighted by Gasteiger charge is 2.26. The molecule has 11 heteroatoms. The van der Waals surface area contributed by atoms with E-state index in [0.29, 0.717) is 29.7 Å². The van der Waals surface area contributed by atoms with Gasteiger partial charge in [0, 0.05) is 35.1 Å². The van der Waals surface area contributed by atoms with E-state index in [0.717, 1.165) is 32.6 Å². The number of anilines is 2. The van der Waals surface area contributed by atoms with Crippen molar-refractivity contribution < 1.29 is 14.6 Å². The van der Waals surface area contributed by atoms with Gasteiger partial charge < -0.3 is 25.0 Å². The van der Waals surface area contributed by atoms with Crippen LogP contribution in [0, 0.1) is 5.41 Å². The van der Waals surface area contributed by atoms with Crippen molar-refractivity contribution in [3.05, 3.63) is 71.5 Å². The summed E-state index contributed by atoms with van der Waals surface area (Å²) in [6, 6.07) is 15.4. The Morgan fingerprint density at radius 1 is 1.16 bits per heavy atom. The number of aliphatic hydroxyl groups excluding tert-OH is 1. The predicted molar refractivity (Wildman–Crippen MR) is 155 cm³/mol. The van der Waals surface area contributed by atoms with E-state index in [-0.39, 0.29) is 24.9 Å². The van der Waals surface area contributed by atoms with Gasteiger partial charge in [-0.25, -0.2) is 9.97 Å². The first-order valence-electron chi connectivity index (χ1n) is 11.8. The van der Waals surface area contributed by atoms with Crippen LogP contribution in [0.5, 0.6) is 11.5 Å². The molecule has 2 aromatic carbocycles. The number of halogens is 2. The van der Waals surface area contributed by atoms with Gasteiger partial charge in [0.2, 0.25) is 5.91 Å². The van der Waals surface area contributed by atoms with Crippen molar-refractivity contribution in [2.75, 3.05) is 18.5 Å². The van der Waals surface area contributed by atoms with Gasteiger partial charge in [-0.3, -0.25) is 4.79 Å². The minimum atomic E-state index is -0.833. The molecule has 3 aromatic heterocycles. The average molecular weight is 573 g/mol. The Morgan fingerprint density at radius 2 is 2.00 bits per heavy atom. The van der Waals surface area contributed by atoms with Gasteiger partial charge in [0.15, 0.2) is 5.82 Å². The number of amides is 1. The molecule has 0 bridgehead atoms. The summed E-state index contributed by atoms with van der Waals surface area (Å²) in [6.07, 6.45) is 3.41. The van der Waals surface area contributed by atoms with Crippen molar-refractivity contribution in [1.82, 2.24) is 19.9 Å². The van der Waals surface area contributed by atoms with E-state index in [1.54, 1.807) is 31.3 Å². The predicted octanol–water partition coefficient (Wildman–Crippen LogP) is 6.39.